The molecule has 1 N–H and O–H groups in total. The quantitative estimate of drug-likeness (QED) is 0.761. The third kappa shape index (κ3) is 4.95. The molecule has 0 amide bonds. The summed E-state index contributed by atoms with van der Waals surface area (Å²) in [4.78, 5) is 11.0. The van der Waals surface area contributed by atoms with E-state index in [1.807, 2.05) is 6.92 Å². The fourth-order valence-corrected chi connectivity index (χ4v) is 4.15. The molecule has 0 saturated heterocycles. The molecule has 0 aliphatic rings. The van der Waals surface area contributed by atoms with Crippen molar-refractivity contribution >= 4 is 39.2 Å². The van der Waals surface area contributed by atoms with Crippen molar-refractivity contribution in [2.75, 3.05) is 6.54 Å². The first-order valence-corrected chi connectivity index (χ1v) is 9.63. The van der Waals surface area contributed by atoms with Crippen molar-refractivity contribution in [3.05, 3.63) is 63.6 Å². The van der Waals surface area contributed by atoms with E-state index >= 15 is 0 Å². The van der Waals surface area contributed by atoms with Crippen molar-refractivity contribution in [3.63, 3.8) is 0 Å². The molecule has 2 aromatic carbocycles. The van der Waals surface area contributed by atoms with Gasteiger partial charge in [0.1, 0.15) is 0 Å². The Morgan fingerprint density at radius 2 is 1.64 bits per heavy atom. The molecule has 0 saturated carbocycles. The van der Waals surface area contributed by atoms with Crippen LogP contribution in [0.25, 0.3) is 0 Å². The Hall–Kier alpha value is -1.60. The Morgan fingerprint density at radius 1 is 1.08 bits per heavy atom. The lowest BCUT2D eigenvalue weighted by Gasteiger charge is -2.23. The van der Waals surface area contributed by atoms with Gasteiger partial charge in [-0.3, -0.25) is 4.79 Å². The standard InChI is InChI=1S/C17H17Cl2NO4S/c1-12-5-7-13(8-6-12)25(23,24)20(10-9-17(21)22)11-14-15(18)3-2-4-16(14)19/h2-8H,9-11H2,1H3,(H,21,22). The number of carbonyl (C=O) groups is 1. The molecule has 0 fully saturated rings. The molecule has 2 aromatic rings. The number of nitrogens with zero attached hydrogens (tertiary/aromatic N) is 1. The summed E-state index contributed by atoms with van der Waals surface area (Å²) in [7, 11) is -3.89. The van der Waals surface area contributed by atoms with Crippen LogP contribution in [0.5, 0.6) is 0 Å². The van der Waals surface area contributed by atoms with E-state index in [2.05, 4.69) is 0 Å². The molecule has 0 unspecified atom stereocenters. The van der Waals surface area contributed by atoms with Crippen molar-refractivity contribution in [2.45, 2.75) is 24.8 Å². The summed E-state index contributed by atoms with van der Waals surface area (Å²) in [6, 6.07) is 11.2. The van der Waals surface area contributed by atoms with Gasteiger partial charge >= 0.3 is 5.97 Å². The lowest BCUT2D eigenvalue weighted by Crippen LogP contribution is -2.33. The third-order valence-electron chi connectivity index (χ3n) is 3.63. The summed E-state index contributed by atoms with van der Waals surface area (Å²) in [5.41, 5.74) is 1.36. The highest BCUT2D eigenvalue weighted by molar-refractivity contribution is 7.89. The summed E-state index contributed by atoms with van der Waals surface area (Å²) < 4.78 is 26.9. The van der Waals surface area contributed by atoms with Crippen LogP contribution in [0.15, 0.2) is 47.4 Å². The smallest absolute Gasteiger partial charge is 0.304 e. The first-order valence-electron chi connectivity index (χ1n) is 7.43. The van der Waals surface area contributed by atoms with Crippen molar-refractivity contribution in [3.8, 4) is 0 Å². The summed E-state index contributed by atoms with van der Waals surface area (Å²) in [5.74, 6) is -1.09. The van der Waals surface area contributed by atoms with E-state index in [9.17, 15) is 13.2 Å². The van der Waals surface area contributed by atoms with Crippen LogP contribution < -0.4 is 0 Å². The summed E-state index contributed by atoms with van der Waals surface area (Å²) in [5, 5.41) is 9.59. The van der Waals surface area contributed by atoms with Crippen LogP contribution in [0.4, 0.5) is 0 Å². The topological polar surface area (TPSA) is 74.7 Å². The molecule has 0 heterocycles. The van der Waals surface area contributed by atoms with E-state index in [1.54, 1.807) is 30.3 Å². The van der Waals surface area contributed by atoms with E-state index in [0.717, 1.165) is 9.87 Å². The number of carboxylic acids is 1. The van der Waals surface area contributed by atoms with Gasteiger partial charge in [-0.1, -0.05) is 47.0 Å². The maximum atomic E-state index is 12.9. The zero-order valence-corrected chi connectivity index (χ0v) is 15.8. The molecule has 0 aliphatic carbocycles. The van der Waals surface area contributed by atoms with Crippen LogP contribution >= 0.6 is 23.2 Å². The van der Waals surface area contributed by atoms with Gasteiger partial charge < -0.3 is 5.11 Å². The van der Waals surface area contributed by atoms with Crippen LogP contribution in [0.2, 0.25) is 10.0 Å². The maximum Gasteiger partial charge on any atom is 0.304 e. The van der Waals surface area contributed by atoms with Crippen molar-refractivity contribution in [2.24, 2.45) is 0 Å². The highest BCUT2D eigenvalue weighted by Gasteiger charge is 2.26. The number of carboxylic acid groups (broad SMARTS) is 1. The van der Waals surface area contributed by atoms with Crippen LogP contribution in [-0.4, -0.2) is 30.3 Å². The van der Waals surface area contributed by atoms with Crippen molar-refractivity contribution in [1.82, 2.24) is 4.31 Å². The van der Waals surface area contributed by atoms with E-state index in [0.29, 0.717) is 15.6 Å². The number of aryl methyl sites for hydroxylation is 1. The van der Waals surface area contributed by atoms with Gasteiger partial charge in [0.2, 0.25) is 10.0 Å². The number of aliphatic carboxylic acids is 1. The van der Waals surface area contributed by atoms with Crippen LogP contribution in [0.3, 0.4) is 0 Å². The highest BCUT2D eigenvalue weighted by Crippen LogP contribution is 2.28. The molecule has 8 heteroatoms. The Balaban J connectivity index is 2.41. The Labute approximate surface area is 156 Å². The lowest BCUT2D eigenvalue weighted by molar-refractivity contribution is -0.137. The molecular weight excluding hydrogens is 385 g/mol. The molecule has 0 bridgehead atoms. The molecular formula is C17H17Cl2NO4S. The second kappa shape index (κ2) is 8.19. The second-order valence-corrected chi connectivity index (χ2v) is 8.25. The van der Waals surface area contributed by atoms with Gasteiger partial charge in [0.25, 0.3) is 0 Å². The molecule has 0 atom stereocenters. The Morgan fingerprint density at radius 3 is 2.16 bits per heavy atom. The molecule has 25 heavy (non-hydrogen) atoms. The minimum Gasteiger partial charge on any atom is -0.481 e. The highest BCUT2D eigenvalue weighted by atomic mass is 35.5. The van der Waals surface area contributed by atoms with E-state index in [4.69, 9.17) is 28.3 Å². The van der Waals surface area contributed by atoms with Crippen LogP contribution in [0, 0.1) is 6.92 Å². The van der Waals surface area contributed by atoms with E-state index in [-0.39, 0.29) is 24.4 Å². The first-order chi connectivity index (χ1) is 11.7. The van der Waals surface area contributed by atoms with Crippen molar-refractivity contribution < 1.29 is 18.3 Å². The molecule has 0 spiro atoms. The van der Waals surface area contributed by atoms with Gasteiger partial charge in [-0.2, -0.15) is 4.31 Å². The van der Waals surface area contributed by atoms with Crippen LogP contribution in [-0.2, 0) is 21.4 Å². The zero-order valence-electron chi connectivity index (χ0n) is 13.4. The molecule has 0 radical (unpaired) electrons. The predicted octanol–water partition coefficient (Wildman–Crippen LogP) is 3.97. The SMILES string of the molecule is Cc1ccc(S(=O)(=O)N(CCC(=O)O)Cc2c(Cl)cccc2Cl)cc1. The number of hydrogen-bond donors (Lipinski definition) is 1. The fraction of sp³-hybridized carbons (Fsp3) is 0.235. The monoisotopic (exact) mass is 401 g/mol. The molecule has 134 valence electrons. The average Bonchev–Trinajstić information content (AvgIpc) is 2.53. The van der Waals surface area contributed by atoms with Gasteiger partial charge in [-0.25, -0.2) is 8.42 Å². The van der Waals surface area contributed by atoms with Crippen LogP contribution in [0.1, 0.15) is 17.5 Å². The average molecular weight is 402 g/mol. The minimum absolute atomic E-state index is 0.0895. The number of halogens is 2. The van der Waals surface area contributed by atoms with Gasteiger partial charge in [-0.15, -0.1) is 0 Å². The summed E-state index contributed by atoms with van der Waals surface area (Å²) in [6.45, 7) is 1.55. The Bertz CT molecular complexity index is 846. The molecule has 2 rings (SSSR count). The third-order valence-corrected chi connectivity index (χ3v) is 6.20. The number of rotatable bonds is 7. The number of benzene rings is 2. The van der Waals surface area contributed by atoms with Gasteiger partial charge in [-0.05, 0) is 31.2 Å². The Kier molecular flexibility index (Phi) is 6.46. The number of hydrogen-bond acceptors (Lipinski definition) is 3. The molecule has 0 aromatic heterocycles. The normalized spacial score (nSPS) is 11.7. The largest absolute Gasteiger partial charge is 0.481 e. The van der Waals surface area contributed by atoms with Crippen molar-refractivity contribution in [1.29, 1.82) is 0 Å². The number of sulfonamides is 1. The zero-order chi connectivity index (χ0) is 18.6. The maximum absolute atomic E-state index is 12.9. The first kappa shape index (κ1) is 19.7. The predicted molar refractivity (Wildman–Crippen MR) is 97.5 cm³/mol. The summed E-state index contributed by atoms with van der Waals surface area (Å²) in [6.07, 6.45) is -0.326. The lowest BCUT2D eigenvalue weighted by atomic mass is 10.2. The van der Waals surface area contributed by atoms with E-state index in [1.165, 1.54) is 12.1 Å². The minimum atomic E-state index is -3.89. The summed E-state index contributed by atoms with van der Waals surface area (Å²) >= 11 is 12.3. The molecule has 0 aliphatic heterocycles. The van der Waals surface area contributed by atoms with Gasteiger partial charge in [0.15, 0.2) is 0 Å². The molecule has 5 nitrogen and oxygen atoms in total. The van der Waals surface area contributed by atoms with Gasteiger partial charge in [0, 0.05) is 28.7 Å². The van der Waals surface area contributed by atoms with E-state index < -0.39 is 16.0 Å². The second-order valence-electron chi connectivity index (χ2n) is 5.50. The fourth-order valence-electron chi connectivity index (χ4n) is 2.22. The van der Waals surface area contributed by atoms with Gasteiger partial charge in [0.05, 0.1) is 11.3 Å².